The molecule has 0 saturated carbocycles. The molecule has 1 unspecified atom stereocenters. The van der Waals surface area contributed by atoms with Crippen LogP contribution >= 0.6 is 0 Å². The summed E-state index contributed by atoms with van der Waals surface area (Å²) in [5, 5.41) is 65.3. The van der Waals surface area contributed by atoms with Crippen molar-refractivity contribution in [2.45, 2.75) is 205 Å². The van der Waals surface area contributed by atoms with Crippen LogP contribution < -0.4 is 10.6 Å². The van der Waals surface area contributed by atoms with Crippen LogP contribution in [-0.2, 0) is 44.5 Å². The lowest BCUT2D eigenvalue weighted by Crippen LogP contribution is -2.62. The van der Waals surface area contributed by atoms with E-state index < -0.39 is 120 Å². The minimum absolute atomic E-state index is 0.00763. The first-order chi connectivity index (χ1) is 32.1. The van der Waals surface area contributed by atoms with Crippen LogP contribution in [0.3, 0.4) is 0 Å². The van der Waals surface area contributed by atoms with Crippen molar-refractivity contribution in [2.24, 2.45) is 23.7 Å². The van der Waals surface area contributed by atoms with Gasteiger partial charge in [-0.05, 0) is 111 Å². The Hall–Kier alpha value is -2.88. The Morgan fingerprint density at radius 2 is 1.64 bits per heavy atom. The molecule has 3 aliphatic rings. The first kappa shape index (κ1) is 58.7. The van der Waals surface area contributed by atoms with Crippen LogP contribution in [0.25, 0.3) is 0 Å². The number of amides is 2. The number of carbonyl (C=O) groups is 3. The summed E-state index contributed by atoms with van der Waals surface area (Å²) >= 11 is 0. The van der Waals surface area contributed by atoms with Gasteiger partial charge in [-0.3, -0.25) is 14.4 Å². The maximum Gasteiger partial charge on any atom is 0.309 e. The number of hydrogen-bond acceptors (Lipinski definition) is 15. The number of rotatable bonds is 14. The average Bonchev–Trinajstić information content (AvgIpc) is 3.27. The molecule has 1 aromatic carbocycles. The molecule has 2 amide bonds. The van der Waals surface area contributed by atoms with Gasteiger partial charge in [0.15, 0.2) is 6.29 Å². The summed E-state index contributed by atoms with van der Waals surface area (Å²) in [6, 6.07) is 5.05. The maximum atomic E-state index is 14.6. The molecule has 1 aromatic rings. The summed E-state index contributed by atoms with van der Waals surface area (Å²) in [6.45, 7) is 18.8. The topological polar surface area (TPSA) is 229 Å². The van der Waals surface area contributed by atoms with Crippen LogP contribution in [0.2, 0.25) is 0 Å². The molecule has 0 bridgehead atoms. The summed E-state index contributed by atoms with van der Waals surface area (Å²) in [6.07, 6.45) is -7.86. The number of benzene rings is 1. The van der Waals surface area contributed by atoms with E-state index in [1.165, 1.54) is 21.0 Å². The van der Waals surface area contributed by atoms with Gasteiger partial charge in [0.05, 0.1) is 47.6 Å². The van der Waals surface area contributed by atoms with Crippen molar-refractivity contribution in [3.05, 3.63) is 29.8 Å². The molecular formula is C51H87FN4O13. The molecule has 3 heterocycles. The number of nitrogens with one attached hydrogen (secondary N) is 2. The molecule has 17 nitrogen and oxygen atoms in total. The maximum absolute atomic E-state index is 14.6. The molecule has 0 aliphatic carbocycles. The van der Waals surface area contributed by atoms with Crippen LogP contribution in [-0.4, -0.2) is 184 Å². The largest absolute Gasteiger partial charge is 0.459 e. The smallest absolute Gasteiger partial charge is 0.309 e. The Kier molecular flexibility index (Phi) is 21.0. The molecule has 0 spiro atoms. The number of aliphatic hydroxyl groups excluding tert-OH is 3. The summed E-state index contributed by atoms with van der Waals surface area (Å²) in [7, 11) is 5.11. The lowest BCUT2D eigenvalue weighted by molar-refractivity contribution is -0.302. The second-order valence-corrected chi connectivity index (χ2v) is 21.5. The molecular weight excluding hydrogens is 896 g/mol. The monoisotopic (exact) mass is 983 g/mol. The first-order valence-corrected chi connectivity index (χ1v) is 24.9. The predicted molar refractivity (Wildman–Crippen MR) is 259 cm³/mol. The third kappa shape index (κ3) is 14.6. The molecule has 19 atom stereocenters. The Bertz CT molecular complexity index is 1810. The van der Waals surface area contributed by atoms with E-state index >= 15 is 0 Å². The van der Waals surface area contributed by atoms with Crippen molar-refractivity contribution < 1.29 is 68.0 Å². The van der Waals surface area contributed by atoms with Gasteiger partial charge in [0.1, 0.15) is 36.7 Å². The van der Waals surface area contributed by atoms with Gasteiger partial charge < -0.3 is 69.7 Å². The Balaban J connectivity index is 1.66. The molecule has 3 fully saturated rings. The number of cyclic esters (lactones) is 1. The number of halogens is 1. The molecule has 0 aromatic heterocycles. The number of carbonyl (C=O) groups excluding carboxylic acids is 3. The van der Waals surface area contributed by atoms with Crippen molar-refractivity contribution in [3.63, 3.8) is 0 Å². The fourth-order valence-electron chi connectivity index (χ4n) is 11.3. The number of anilines is 1. The normalized spacial score (nSPS) is 40.5. The van der Waals surface area contributed by atoms with E-state index in [0.29, 0.717) is 18.7 Å². The number of esters is 1. The molecule has 3 saturated heterocycles. The van der Waals surface area contributed by atoms with Crippen LogP contribution in [0.15, 0.2) is 24.3 Å². The third-order valence-electron chi connectivity index (χ3n) is 15.5. The van der Waals surface area contributed by atoms with Gasteiger partial charge in [-0.2, -0.15) is 0 Å². The van der Waals surface area contributed by atoms with Crippen LogP contribution in [0.1, 0.15) is 114 Å². The van der Waals surface area contributed by atoms with Gasteiger partial charge >= 0.3 is 5.97 Å². The molecule has 4 rings (SSSR count). The highest BCUT2D eigenvalue weighted by atomic mass is 19.1. The molecule has 7 N–H and O–H groups in total. The van der Waals surface area contributed by atoms with Gasteiger partial charge in [-0.1, -0.05) is 39.8 Å². The highest BCUT2D eigenvalue weighted by Gasteiger charge is 2.55. The van der Waals surface area contributed by atoms with Crippen molar-refractivity contribution >= 4 is 23.5 Å². The summed E-state index contributed by atoms with van der Waals surface area (Å²) in [5.41, 5.74) is -3.17. The van der Waals surface area contributed by atoms with E-state index in [1.54, 1.807) is 72.9 Å². The zero-order chi connectivity index (χ0) is 51.9. The average molecular weight is 983 g/mol. The van der Waals surface area contributed by atoms with E-state index in [9.17, 15) is 44.3 Å². The molecule has 3 aliphatic heterocycles. The van der Waals surface area contributed by atoms with Gasteiger partial charge in [0.25, 0.3) is 0 Å². The number of likely N-dealkylation sites (N-methyl/N-ethyl adjacent to an activating group) is 2. The fourth-order valence-corrected chi connectivity index (χ4v) is 11.3. The minimum Gasteiger partial charge on any atom is -0.459 e. The van der Waals surface area contributed by atoms with Crippen molar-refractivity contribution in [1.29, 1.82) is 0 Å². The predicted octanol–water partition coefficient (Wildman–Crippen LogP) is 3.59. The molecule has 396 valence electrons. The number of alkyl halides is 1. The summed E-state index contributed by atoms with van der Waals surface area (Å²) in [5.74, 6) is -3.93. The van der Waals surface area contributed by atoms with E-state index in [-0.39, 0.29) is 56.4 Å². The fraction of sp³-hybridized carbons (Fsp3) is 0.824. The lowest BCUT2D eigenvalue weighted by Gasteiger charge is -2.51. The lowest BCUT2D eigenvalue weighted by atomic mass is 9.68. The standard InChI is InChI=1S/C51H87FN4O13/c1-15-40-51(11,64)44(60)32(6)56(13)27-28(2)24-49(9,63)46(30(4)42(31(5)47(62)68-40)39-25-50(10,65-14)45(61)33(7)67-39)69-48-43(59)38(22-29(3)66-48)55(12)21-20-41(58)54-37(26-52)23-35-16-18-36(19-17-35)53-34(8)57/h16-19,28-33,37-40,42-46,48,59-61,63-64H,15,20-27H2,1-14H3,(H,53,57)(H,54,58)/t28-,29-,30+,31-,32-,33+,37+,38+,39-,40-,42?,43-,44-,45+,46-,48+,49-,50-,51-/m1/s1. The number of methoxy groups -OCH3 is 1. The van der Waals surface area contributed by atoms with Gasteiger partial charge in [-0.25, -0.2) is 4.39 Å². The Morgan fingerprint density at radius 1 is 1.00 bits per heavy atom. The zero-order valence-corrected chi connectivity index (χ0v) is 43.7. The number of hydrogen-bond donors (Lipinski definition) is 7. The highest BCUT2D eigenvalue weighted by Crippen LogP contribution is 2.45. The van der Waals surface area contributed by atoms with Gasteiger partial charge in [0.2, 0.25) is 11.8 Å². The molecule has 18 heteroatoms. The molecule has 69 heavy (non-hydrogen) atoms. The van der Waals surface area contributed by atoms with Crippen molar-refractivity contribution in [2.75, 3.05) is 46.3 Å². The van der Waals surface area contributed by atoms with E-state index in [0.717, 1.165) is 5.56 Å². The zero-order valence-electron chi connectivity index (χ0n) is 43.7. The number of aliphatic hydroxyl groups is 5. The van der Waals surface area contributed by atoms with Crippen LogP contribution in [0.5, 0.6) is 0 Å². The van der Waals surface area contributed by atoms with Crippen molar-refractivity contribution in [1.82, 2.24) is 15.1 Å². The number of nitrogens with zero attached hydrogens (tertiary/aromatic N) is 2. The SMILES string of the molecule is CC[C@H]1OC(=O)[C@H](C)C([C@H]2C[C@@](C)(OC)[C@@H](O)[C@H](C)O2)[C@H](C)[C@@H](O[C@@H]2O[C@H](C)C[C@H](N(C)CCC(=O)N[C@H](CF)Cc3ccc(NC(C)=O)cc3)[C@H]2O)[C@](C)(O)C[C@@H](C)CN(C)[C@H](C)[C@@H](O)[C@]1(C)O. The Morgan fingerprint density at radius 3 is 2.22 bits per heavy atom. The van der Waals surface area contributed by atoms with E-state index in [4.69, 9.17) is 23.7 Å². The molecule has 0 radical (unpaired) electrons. The first-order valence-electron chi connectivity index (χ1n) is 24.9. The Labute approximate surface area is 410 Å². The second-order valence-electron chi connectivity index (χ2n) is 21.5. The minimum atomic E-state index is -1.84. The van der Waals surface area contributed by atoms with Crippen molar-refractivity contribution in [3.8, 4) is 0 Å². The van der Waals surface area contributed by atoms with Crippen LogP contribution in [0, 0.1) is 23.7 Å². The van der Waals surface area contributed by atoms with E-state index in [2.05, 4.69) is 10.6 Å². The van der Waals surface area contributed by atoms with Gasteiger partial charge in [-0.15, -0.1) is 0 Å². The van der Waals surface area contributed by atoms with Crippen LogP contribution in [0.4, 0.5) is 10.1 Å². The number of ether oxygens (including phenoxy) is 5. The third-order valence-corrected chi connectivity index (χ3v) is 15.5. The quantitative estimate of drug-likeness (QED) is 0.132. The van der Waals surface area contributed by atoms with Gasteiger partial charge in [0, 0.05) is 63.7 Å². The highest BCUT2D eigenvalue weighted by molar-refractivity contribution is 5.88. The summed E-state index contributed by atoms with van der Waals surface area (Å²) < 4.78 is 46.1. The second kappa shape index (κ2) is 24.7. The van der Waals surface area contributed by atoms with E-state index in [1.807, 2.05) is 37.6 Å². The summed E-state index contributed by atoms with van der Waals surface area (Å²) in [4.78, 5) is 43.0.